The maximum atomic E-state index is 13.5. The van der Waals surface area contributed by atoms with Crippen molar-refractivity contribution in [2.24, 2.45) is 11.8 Å². The molecule has 0 bridgehead atoms. The number of Topliss-reactive ketones (excluding diaryl/α,β-unsaturated/α-hetero) is 1. The van der Waals surface area contributed by atoms with Gasteiger partial charge in [0.1, 0.15) is 28.8 Å². The van der Waals surface area contributed by atoms with Crippen LogP contribution in [0.25, 0.3) is 0 Å². The molecule has 2 atom stereocenters. The Labute approximate surface area is 178 Å². The molecule has 0 spiro atoms. The van der Waals surface area contributed by atoms with Crippen LogP contribution in [0.2, 0.25) is 0 Å². The average molecular weight is 411 g/mol. The van der Waals surface area contributed by atoms with E-state index in [0.717, 1.165) is 59.8 Å². The van der Waals surface area contributed by atoms with Crippen LogP contribution in [0.1, 0.15) is 35.1 Å². The van der Waals surface area contributed by atoms with Gasteiger partial charge in [-0.15, -0.1) is 0 Å². The summed E-state index contributed by atoms with van der Waals surface area (Å²) in [4.78, 5) is 13.5. The van der Waals surface area contributed by atoms with Crippen molar-refractivity contribution in [2.45, 2.75) is 38.5 Å². The van der Waals surface area contributed by atoms with E-state index in [-0.39, 0.29) is 11.8 Å². The lowest BCUT2D eigenvalue weighted by Crippen LogP contribution is -2.32. The van der Waals surface area contributed by atoms with Crippen LogP contribution in [0.3, 0.4) is 0 Å². The Hall–Kier alpha value is -2.69. The van der Waals surface area contributed by atoms with Crippen molar-refractivity contribution in [1.82, 2.24) is 0 Å². The first kappa shape index (κ1) is 20.6. The molecule has 0 fully saturated rings. The van der Waals surface area contributed by atoms with Crippen LogP contribution in [0.15, 0.2) is 24.3 Å². The third kappa shape index (κ3) is 3.51. The van der Waals surface area contributed by atoms with E-state index in [1.165, 1.54) is 11.1 Å². The summed E-state index contributed by atoms with van der Waals surface area (Å²) >= 11 is 0. The van der Waals surface area contributed by atoms with E-state index >= 15 is 0 Å². The number of fused-ring (bicyclic) bond motifs is 2. The lowest BCUT2D eigenvalue weighted by atomic mass is 9.73. The third-order valence-corrected chi connectivity index (χ3v) is 6.76. The summed E-state index contributed by atoms with van der Waals surface area (Å²) in [6.45, 7) is 0. The van der Waals surface area contributed by atoms with Crippen LogP contribution in [-0.4, -0.2) is 34.2 Å². The maximum absolute atomic E-state index is 13.5. The van der Waals surface area contributed by atoms with E-state index in [0.29, 0.717) is 18.6 Å². The molecular weight excluding hydrogens is 380 g/mol. The normalized spacial score (nSPS) is 20.0. The summed E-state index contributed by atoms with van der Waals surface area (Å²) in [5, 5.41) is 0. The van der Waals surface area contributed by atoms with Gasteiger partial charge >= 0.3 is 0 Å². The monoisotopic (exact) mass is 410 g/mol. The summed E-state index contributed by atoms with van der Waals surface area (Å²) in [5.74, 6) is 3.87. The predicted molar refractivity (Wildman–Crippen MR) is 115 cm³/mol. The molecule has 2 aliphatic rings. The molecule has 2 aliphatic carbocycles. The molecule has 5 heteroatoms. The van der Waals surface area contributed by atoms with Gasteiger partial charge in [0, 0.05) is 34.1 Å². The van der Waals surface area contributed by atoms with Crippen molar-refractivity contribution in [3.8, 4) is 23.0 Å². The molecule has 2 aromatic rings. The second-order valence-corrected chi connectivity index (χ2v) is 8.14. The average Bonchev–Trinajstić information content (AvgIpc) is 2.81. The van der Waals surface area contributed by atoms with Crippen LogP contribution < -0.4 is 18.9 Å². The number of methoxy groups -OCH3 is 4. The van der Waals surface area contributed by atoms with E-state index in [4.69, 9.17) is 18.9 Å². The molecule has 30 heavy (non-hydrogen) atoms. The highest BCUT2D eigenvalue weighted by atomic mass is 16.5. The number of carbonyl (C=O) groups is 1. The van der Waals surface area contributed by atoms with Crippen molar-refractivity contribution in [2.75, 3.05) is 28.4 Å². The molecule has 160 valence electrons. The second-order valence-electron chi connectivity index (χ2n) is 8.14. The fourth-order valence-corrected chi connectivity index (χ4v) is 5.21. The van der Waals surface area contributed by atoms with Gasteiger partial charge in [-0.3, -0.25) is 4.79 Å². The van der Waals surface area contributed by atoms with Gasteiger partial charge in [-0.2, -0.15) is 0 Å². The number of rotatable bonds is 6. The first-order valence-corrected chi connectivity index (χ1v) is 10.6. The molecule has 4 rings (SSSR count). The lowest BCUT2D eigenvalue weighted by Gasteiger charge is -2.32. The molecule has 2 unspecified atom stereocenters. The van der Waals surface area contributed by atoms with E-state index in [1.807, 2.05) is 24.3 Å². The standard InChI is InChI=1S/C25H30O5/c1-27-21-9-11-23(29-3)19-13-15(5-7-17(19)21)25(26)16-6-8-18-20(14-16)24(30-4)12-10-22(18)28-2/h9-12,15-16H,5-8,13-14H2,1-4H3. The molecule has 0 radical (unpaired) electrons. The zero-order valence-corrected chi connectivity index (χ0v) is 18.2. The van der Waals surface area contributed by atoms with E-state index in [1.54, 1.807) is 28.4 Å². The fraction of sp³-hybridized carbons (Fsp3) is 0.480. The number of ketones is 1. The molecule has 0 amide bonds. The smallest absolute Gasteiger partial charge is 0.139 e. The van der Waals surface area contributed by atoms with Crippen molar-refractivity contribution >= 4 is 5.78 Å². The Kier molecular flexibility index (Phi) is 5.89. The largest absolute Gasteiger partial charge is 0.496 e. The Morgan fingerprint density at radius 3 is 1.30 bits per heavy atom. The molecule has 0 aromatic heterocycles. The zero-order valence-electron chi connectivity index (χ0n) is 18.2. The molecule has 2 aromatic carbocycles. The zero-order chi connectivity index (χ0) is 21.3. The maximum Gasteiger partial charge on any atom is 0.139 e. The Bertz CT molecular complexity index is 874. The van der Waals surface area contributed by atoms with Gasteiger partial charge < -0.3 is 18.9 Å². The van der Waals surface area contributed by atoms with Gasteiger partial charge in [-0.25, -0.2) is 0 Å². The van der Waals surface area contributed by atoms with Gasteiger partial charge in [0.15, 0.2) is 0 Å². The molecule has 0 aliphatic heterocycles. The number of carbonyl (C=O) groups excluding carboxylic acids is 1. The molecule has 5 nitrogen and oxygen atoms in total. The van der Waals surface area contributed by atoms with Crippen LogP contribution in [0.5, 0.6) is 23.0 Å². The van der Waals surface area contributed by atoms with Crippen molar-refractivity contribution < 1.29 is 23.7 Å². The summed E-state index contributed by atoms with van der Waals surface area (Å²) in [7, 11) is 6.76. The lowest BCUT2D eigenvalue weighted by molar-refractivity contribution is -0.127. The minimum Gasteiger partial charge on any atom is -0.496 e. The Morgan fingerprint density at radius 1 is 0.633 bits per heavy atom. The number of hydrogen-bond donors (Lipinski definition) is 0. The second kappa shape index (κ2) is 8.58. The summed E-state index contributed by atoms with van der Waals surface area (Å²) in [6, 6.07) is 7.80. The number of ether oxygens (including phenoxy) is 4. The van der Waals surface area contributed by atoms with Crippen LogP contribution in [0.4, 0.5) is 0 Å². The van der Waals surface area contributed by atoms with E-state index in [2.05, 4.69) is 0 Å². The highest BCUT2D eigenvalue weighted by molar-refractivity contribution is 5.85. The third-order valence-electron chi connectivity index (χ3n) is 6.76. The highest BCUT2D eigenvalue weighted by Gasteiger charge is 2.35. The van der Waals surface area contributed by atoms with Gasteiger partial charge in [-0.1, -0.05) is 0 Å². The topological polar surface area (TPSA) is 54.0 Å². The molecule has 0 saturated heterocycles. The van der Waals surface area contributed by atoms with E-state index < -0.39 is 0 Å². The predicted octanol–water partition coefficient (Wildman–Crippen LogP) is 4.20. The van der Waals surface area contributed by atoms with Gasteiger partial charge in [0.25, 0.3) is 0 Å². The fourth-order valence-electron chi connectivity index (χ4n) is 5.21. The van der Waals surface area contributed by atoms with Crippen LogP contribution >= 0.6 is 0 Å². The first-order valence-electron chi connectivity index (χ1n) is 10.6. The number of benzene rings is 2. The first-order chi connectivity index (χ1) is 14.6. The van der Waals surface area contributed by atoms with Crippen molar-refractivity contribution in [3.05, 3.63) is 46.5 Å². The van der Waals surface area contributed by atoms with Gasteiger partial charge in [-0.05, 0) is 62.8 Å². The molecule has 0 saturated carbocycles. The Balaban J connectivity index is 1.58. The summed E-state index contributed by atoms with van der Waals surface area (Å²) in [6.07, 6.45) is 4.82. The van der Waals surface area contributed by atoms with Crippen molar-refractivity contribution in [1.29, 1.82) is 0 Å². The minimum atomic E-state index is 0.0154. The number of hydrogen-bond acceptors (Lipinski definition) is 5. The van der Waals surface area contributed by atoms with Crippen molar-refractivity contribution in [3.63, 3.8) is 0 Å². The summed E-state index contributed by atoms with van der Waals surface area (Å²) in [5.41, 5.74) is 4.61. The SMILES string of the molecule is COc1ccc(OC)c2c1CCC(C(=O)C1CCc3c(OC)ccc(OC)c3C1)C2. The summed E-state index contributed by atoms with van der Waals surface area (Å²) < 4.78 is 22.3. The van der Waals surface area contributed by atoms with Crippen LogP contribution in [0, 0.1) is 11.8 Å². The van der Waals surface area contributed by atoms with Gasteiger partial charge in [0.2, 0.25) is 0 Å². The van der Waals surface area contributed by atoms with Gasteiger partial charge in [0.05, 0.1) is 28.4 Å². The minimum absolute atomic E-state index is 0.0154. The molecule has 0 heterocycles. The van der Waals surface area contributed by atoms with Crippen LogP contribution in [-0.2, 0) is 30.5 Å². The molecular formula is C25H30O5. The molecule has 0 N–H and O–H groups in total. The Morgan fingerprint density at radius 2 is 0.967 bits per heavy atom. The quantitative estimate of drug-likeness (QED) is 0.714. The van der Waals surface area contributed by atoms with E-state index in [9.17, 15) is 4.79 Å². The highest BCUT2D eigenvalue weighted by Crippen LogP contribution is 2.42.